The molecular formula is C52H33NS. The highest BCUT2D eigenvalue weighted by molar-refractivity contribution is 7.26. The molecular weight excluding hydrogens is 671 g/mol. The van der Waals surface area contributed by atoms with Gasteiger partial charge in [-0.3, -0.25) is 0 Å². The fourth-order valence-electron chi connectivity index (χ4n) is 8.55. The third kappa shape index (κ3) is 4.92. The van der Waals surface area contributed by atoms with Crippen LogP contribution in [0, 0.1) is 0 Å². The van der Waals surface area contributed by atoms with Crippen molar-refractivity contribution in [1.29, 1.82) is 0 Å². The number of nitrogens with zero attached hydrogens (tertiary/aromatic N) is 1. The fraction of sp³-hybridized carbons (Fsp3) is 0. The lowest BCUT2D eigenvalue weighted by Gasteiger charge is -2.27. The van der Waals surface area contributed by atoms with Crippen LogP contribution in [0.4, 0.5) is 17.1 Å². The molecule has 0 amide bonds. The highest BCUT2D eigenvalue weighted by Gasteiger charge is 2.20. The SMILES string of the molecule is c1cc(-c2cc3ccccc3c3ccccc23)cc(N(c2cccc(-c3cc4ccccc4c4ccccc34)c2)c2cccc3c2sc2ccccc23)c1. The van der Waals surface area contributed by atoms with Crippen LogP contribution in [-0.4, -0.2) is 0 Å². The van der Waals surface area contributed by atoms with Crippen molar-refractivity contribution in [1.82, 2.24) is 0 Å². The highest BCUT2D eigenvalue weighted by atomic mass is 32.1. The average Bonchev–Trinajstić information content (AvgIpc) is 3.63. The van der Waals surface area contributed by atoms with E-state index in [1.807, 2.05) is 11.3 Å². The van der Waals surface area contributed by atoms with Crippen LogP contribution in [0.3, 0.4) is 0 Å². The standard InChI is InChI=1S/C52H33NS/c1-3-20-40-36(14-1)32-48(44-24-7-5-22-42(40)44)34-16-11-18-38(30-34)53(50-28-13-27-47-46-26-9-10-29-51(46)54-52(47)50)39-19-12-17-35(31-39)49-33-37-15-2-4-21-41(37)43-23-6-8-25-45(43)49/h1-33H. The molecule has 0 fully saturated rings. The third-order valence-corrected chi connectivity index (χ3v) is 12.2. The topological polar surface area (TPSA) is 3.24 Å². The molecule has 1 aromatic heterocycles. The van der Waals surface area contributed by atoms with Crippen molar-refractivity contribution in [3.63, 3.8) is 0 Å². The van der Waals surface area contributed by atoms with Crippen molar-refractivity contribution in [3.05, 3.63) is 200 Å². The molecule has 0 aliphatic carbocycles. The first-order valence-corrected chi connectivity index (χ1v) is 19.3. The summed E-state index contributed by atoms with van der Waals surface area (Å²) in [6.45, 7) is 0. The van der Waals surface area contributed by atoms with Crippen LogP contribution in [0.25, 0.3) is 85.5 Å². The Hall–Kier alpha value is -6.74. The first-order chi connectivity index (χ1) is 26.8. The van der Waals surface area contributed by atoms with E-state index in [-0.39, 0.29) is 0 Å². The fourth-order valence-corrected chi connectivity index (χ4v) is 9.75. The van der Waals surface area contributed by atoms with E-state index in [1.54, 1.807) is 0 Å². The van der Waals surface area contributed by atoms with Gasteiger partial charge in [0.15, 0.2) is 0 Å². The highest BCUT2D eigenvalue weighted by Crippen LogP contribution is 2.47. The Balaban J connectivity index is 1.16. The van der Waals surface area contributed by atoms with Crippen molar-refractivity contribution in [3.8, 4) is 22.3 Å². The second-order valence-electron chi connectivity index (χ2n) is 14.1. The molecule has 1 heterocycles. The van der Waals surface area contributed by atoms with Gasteiger partial charge in [-0.15, -0.1) is 11.3 Å². The van der Waals surface area contributed by atoms with Crippen molar-refractivity contribution in [2.24, 2.45) is 0 Å². The van der Waals surface area contributed by atoms with Gasteiger partial charge in [-0.05, 0) is 114 Å². The zero-order valence-electron chi connectivity index (χ0n) is 29.4. The number of fused-ring (bicyclic) bond motifs is 9. The zero-order valence-corrected chi connectivity index (χ0v) is 30.2. The van der Waals surface area contributed by atoms with Gasteiger partial charge in [0.05, 0.1) is 10.4 Å². The number of rotatable bonds is 5. The van der Waals surface area contributed by atoms with Crippen molar-refractivity contribution in [2.45, 2.75) is 0 Å². The molecule has 252 valence electrons. The van der Waals surface area contributed by atoms with Crippen LogP contribution in [-0.2, 0) is 0 Å². The number of thiophene rings is 1. The molecule has 0 N–H and O–H groups in total. The summed E-state index contributed by atoms with van der Waals surface area (Å²) in [7, 11) is 0. The summed E-state index contributed by atoms with van der Waals surface area (Å²) in [4.78, 5) is 2.47. The van der Waals surface area contributed by atoms with Crippen LogP contribution in [0.2, 0.25) is 0 Å². The van der Waals surface area contributed by atoms with E-state index in [0.717, 1.165) is 11.4 Å². The summed E-state index contributed by atoms with van der Waals surface area (Å²) < 4.78 is 2.58. The maximum atomic E-state index is 2.47. The molecule has 0 saturated heterocycles. The first kappa shape index (κ1) is 30.8. The van der Waals surface area contributed by atoms with Gasteiger partial charge in [0, 0.05) is 26.8 Å². The molecule has 11 rings (SSSR count). The Morgan fingerprint density at radius 2 is 0.759 bits per heavy atom. The van der Waals surface area contributed by atoms with Crippen molar-refractivity contribution in [2.75, 3.05) is 4.90 Å². The minimum atomic E-state index is 1.12. The molecule has 0 unspecified atom stereocenters. The van der Waals surface area contributed by atoms with Gasteiger partial charge in [0.25, 0.3) is 0 Å². The van der Waals surface area contributed by atoms with Crippen molar-refractivity contribution >= 4 is 91.7 Å². The lowest BCUT2D eigenvalue weighted by Crippen LogP contribution is -2.10. The van der Waals surface area contributed by atoms with Gasteiger partial charge < -0.3 is 4.90 Å². The molecule has 0 radical (unpaired) electrons. The minimum Gasteiger partial charge on any atom is -0.309 e. The second-order valence-corrected chi connectivity index (χ2v) is 15.1. The Bertz CT molecular complexity index is 3080. The number of anilines is 3. The summed E-state index contributed by atoms with van der Waals surface area (Å²) in [5, 5.41) is 12.7. The largest absolute Gasteiger partial charge is 0.309 e. The monoisotopic (exact) mass is 703 g/mol. The van der Waals surface area contributed by atoms with Crippen LogP contribution < -0.4 is 4.90 Å². The average molecular weight is 704 g/mol. The second kappa shape index (κ2) is 12.4. The predicted molar refractivity (Wildman–Crippen MR) is 235 cm³/mol. The molecule has 0 atom stereocenters. The molecule has 0 saturated carbocycles. The summed E-state index contributed by atoms with van der Waals surface area (Å²) in [5.41, 5.74) is 8.28. The van der Waals surface area contributed by atoms with Gasteiger partial charge >= 0.3 is 0 Å². The van der Waals surface area contributed by atoms with E-state index in [0.29, 0.717) is 0 Å². The van der Waals surface area contributed by atoms with E-state index in [4.69, 9.17) is 0 Å². The molecule has 10 aromatic carbocycles. The predicted octanol–water partition coefficient (Wildman–Crippen LogP) is 15.5. The molecule has 0 spiro atoms. The van der Waals surface area contributed by atoms with Gasteiger partial charge in [0.1, 0.15) is 0 Å². The number of benzene rings is 10. The Kier molecular flexibility index (Phi) is 7.11. The van der Waals surface area contributed by atoms with Gasteiger partial charge in [-0.25, -0.2) is 0 Å². The number of hydrogen-bond acceptors (Lipinski definition) is 2. The van der Waals surface area contributed by atoms with E-state index in [1.165, 1.54) is 91.2 Å². The molecule has 0 aliphatic heterocycles. The molecule has 1 nitrogen and oxygen atoms in total. The van der Waals surface area contributed by atoms with E-state index >= 15 is 0 Å². The van der Waals surface area contributed by atoms with Crippen LogP contribution in [0.15, 0.2) is 200 Å². The van der Waals surface area contributed by atoms with E-state index in [2.05, 4.69) is 205 Å². The normalized spacial score (nSPS) is 11.7. The van der Waals surface area contributed by atoms with Crippen molar-refractivity contribution < 1.29 is 0 Å². The van der Waals surface area contributed by atoms with E-state index < -0.39 is 0 Å². The quantitative estimate of drug-likeness (QED) is 0.161. The number of hydrogen-bond donors (Lipinski definition) is 0. The van der Waals surface area contributed by atoms with E-state index in [9.17, 15) is 0 Å². The smallest absolute Gasteiger partial charge is 0.0640 e. The lowest BCUT2D eigenvalue weighted by molar-refractivity contribution is 1.30. The minimum absolute atomic E-state index is 1.12. The maximum absolute atomic E-state index is 2.47. The van der Waals surface area contributed by atoms with Gasteiger partial charge in [-0.1, -0.05) is 152 Å². The summed E-state index contributed by atoms with van der Waals surface area (Å²) in [5.74, 6) is 0. The Morgan fingerprint density at radius 1 is 0.315 bits per heavy atom. The third-order valence-electron chi connectivity index (χ3n) is 11.0. The molecule has 2 heteroatoms. The molecule has 0 bridgehead atoms. The molecule has 11 aromatic rings. The zero-order chi connectivity index (χ0) is 35.6. The van der Waals surface area contributed by atoms with Crippen LogP contribution in [0.5, 0.6) is 0 Å². The van der Waals surface area contributed by atoms with Crippen LogP contribution in [0.1, 0.15) is 0 Å². The molecule has 54 heavy (non-hydrogen) atoms. The Morgan fingerprint density at radius 3 is 1.33 bits per heavy atom. The van der Waals surface area contributed by atoms with Gasteiger partial charge in [-0.2, -0.15) is 0 Å². The first-order valence-electron chi connectivity index (χ1n) is 18.5. The summed E-state index contributed by atoms with van der Waals surface area (Å²) in [6, 6.07) is 73.6. The Labute approximate surface area is 317 Å². The lowest BCUT2D eigenvalue weighted by atomic mass is 9.92. The maximum Gasteiger partial charge on any atom is 0.0640 e. The summed E-state index contributed by atoms with van der Waals surface area (Å²) >= 11 is 1.87. The summed E-state index contributed by atoms with van der Waals surface area (Å²) in [6.07, 6.45) is 0. The van der Waals surface area contributed by atoms with Gasteiger partial charge in [0.2, 0.25) is 0 Å². The molecule has 0 aliphatic rings. The van der Waals surface area contributed by atoms with Crippen LogP contribution >= 0.6 is 11.3 Å².